The van der Waals surface area contributed by atoms with Gasteiger partial charge >= 0.3 is 5.97 Å². The number of benzene rings is 2. The Kier molecular flexibility index (Phi) is 6.95. The molecule has 0 amide bonds. The van der Waals surface area contributed by atoms with Gasteiger partial charge in [-0.1, -0.05) is 26.2 Å². The lowest BCUT2D eigenvalue weighted by Crippen LogP contribution is -2.20. The molecule has 0 atom stereocenters. The summed E-state index contributed by atoms with van der Waals surface area (Å²) in [4.78, 5) is 12.1. The number of ether oxygens (including phenoxy) is 2. The average Bonchev–Trinajstić information content (AvgIpc) is 2.70. The summed E-state index contributed by atoms with van der Waals surface area (Å²) < 4.78 is 78.1. The zero-order chi connectivity index (χ0) is 21.8. The predicted octanol–water partition coefficient (Wildman–Crippen LogP) is 6.20. The highest BCUT2D eigenvalue weighted by atomic mass is 19.2. The first-order valence-electron chi connectivity index (χ1n) is 9.77. The van der Waals surface area contributed by atoms with Crippen LogP contribution < -0.4 is 9.47 Å². The summed E-state index contributed by atoms with van der Waals surface area (Å²) in [5.41, 5.74) is -1.05. The minimum atomic E-state index is -1.75. The van der Waals surface area contributed by atoms with Gasteiger partial charge in [-0.05, 0) is 24.7 Å². The molecule has 3 rings (SSSR count). The fraction of sp³-hybridized carbons (Fsp3) is 0.409. The summed E-state index contributed by atoms with van der Waals surface area (Å²) in [6.45, 7) is 2.47. The zero-order valence-corrected chi connectivity index (χ0v) is 16.3. The Labute approximate surface area is 170 Å². The largest absolute Gasteiger partial charge is 0.493 e. The van der Waals surface area contributed by atoms with Crippen LogP contribution in [0.4, 0.5) is 22.0 Å². The maximum Gasteiger partial charge on any atom is 0.349 e. The van der Waals surface area contributed by atoms with E-state index >= 15 is 0 Å². The normalized spacial score (nSPS) is 18.9. The van der Waals surface area contributed by atoms with E-state index in [0.717, 1.165) is 44.2 Å². The van der Waals surface area contributed by atoms with Crippen molar-refractivity contribution in [3.05, 3.63) is 58.9 Å². The maximum atomic E-state index is 14.3. The lowest BCUT2D eigenvalue weighted by molar-refractivity contribution is 0.0723. The van der Waals surface area contributed by atoms with E-state index in [1.165, 1.54) is 0 Å². The Morgan fingerprint density at radius 1 is 0.833 bits per heavy atom. The number of rotatable bonds is 6. The van der Waals surface area contributed by atoms with Crippen molar-refractivity contribution >= 4 is 5.97 Å². The third-order valence-electron chi connectivity index (χ3n) is 5.42. The van der Waals surface area contributed by atoms with E-state index in [4.69, 9.17) is 4.74 Å². The fourth-order valence-corrected chi connectivity index (χ4v) is 3.60. The van der Waals surface area contributed by atoms with E-state index in [1.807, 2.05) is 0 Å². The number of halogens is 5. The van der Waals surface area contributed by atoms with Crippen molar-refractivity contribution in [1.29, 1.82) is 0 Å². The van der Waals surface area contributed by atoms with Crippen molar-refractivity contribution in [3.63, 3.8) is 0 Å². The molecule has 2 aromatic rings. The molecule has 0 aliphatic heterocycles. The Balaban J connectivity index is 1.66. The van der Waals surface area contributed by atoms with Gasteiger partial charge in [-0.15, -0.1) is 0 Å². The Hall–Kier alpha value is -2.64. The van der Waals surface area contributed by atoms with Crippen molar-refractivity contribution in [3.8, 4) is 11.5 Å². The van der Waals surface area contributed by atoms with Crippen molar-refractivity contribution in [2.45, 2.75) is 39.0 Å². The van der Waals surface area contributed by atoms with Crippen LogP contribution in [0.5, 0.6) is 11.5 Å². The molecule has 2 aromatic carbocycles. The average molecular weight is 428 g/mol. The second-order valence-electron chi connectivity index (χ2n) is 7.46. The monoisotopic (exact) mass is 428 g/mol. The third-order valence-corrected chi connectivity index (χ3v) is 5.42. The van der Waals surface area contributed by atoms with Gasteiger partial charge in [0.1, 0.15) is 28.7 Å². The highest BCUT2D eigenvalue weighted by Gasteiger charge is 2.24. The van der Waals surface area contributed by atoms with Crippen LogP contribution in [0.2, 0.25) is 0 Å². The smallest absolute Gasteiger partial charge is 0.349 e. The number of esters is 1. The molecule has 0 bridgehead atoms. The van der Waals surface area contributed by atoms with Gasteiger partial charge in [0, 0.05) is 24.3 Å². The van der Waals surface area contributed by atoms with Crippen LogP contribution >= 0.6 is 0 Å². The van der Waals surface area contributed by atoms with Crippen molar-refractivity contribution in [1.82, 2.24) is 0 Å². The molecule has 0 aromatic heterocycles. The molecule has 8 heteroatoms. The molecule has 3 nitrogen and oxygen atoms in total. The summed E-state index contributed by atoms with van der Waals surface area (Å²) in [5.74, 6) is -8.74. The van der Waals surface area contributed by atoms with E-state index in [1.54, 1.807) is 0 Å². The molecule has 0 saturated heterocycles. The first-order chi connectivity index (χ1) is 14.3. The van der Waals surface area contributed by atoms with Gasteiger partial charge in [0.15, 0.2) is 17.5 Å². The van der Waals surface area contributed by atoms with Gasteiger partial charge in [-0.3, -0.25) is 0 Å². The van der Waals surface area contributed by atoms with Crippen LogP contribution in [0.3, 0.4) is 0 Å². The molecule has 0 heterocycles. The van der Waals surface area contributed by atoms with Crippen molar-refractivity contribution in [2.24, 2.45) is 11.8 Å². The first-order valence-corrected chi connectivity index (χ1v) is 9.77. The van der Waals surface area contributed by atoms with Crippen LogP contribution in [0.15, 0.2) is 24.3 Å². The summed E-state index contributed by atoms with van der Waals surface area (Å²) in [7, 11) is 0. The van der Waals surface area contributed by atoms with Gasteiger partial charge in [-0.2, -0.15) is 0 Å². The summed E-state index contributed by atoms with van der Waals surface area (Å²) in [6, 6.07) is 2.50. The van der Waals surface area contributed by atoms with Crippen molar-refractivity contribution < 1.29 is 36.2 Å². The first kappa shape index (κ1) is 22.1. The number of carbonyl (C=O) groups excluding carboxylic acids is 1. The van der Waals surface area contributed by atoms with Crippen LogP contribution in [0, 0.1) is 40.9 Å². The molecule has 1 saturated carbocycles. The highest BCUT2D eigenvalue weighted by Crippen LogP contribution is 2.31. The van der Waals surface area contributed by atoms with Crippen LogP contribution in [0.25, 0.3) is 0 Å². The van der Waals surface area contributed by atoms with E-state index in [-0.39, 0.29) is 5.75 Å². The topological polar surface area (TPSA) is 35.5 Å². The molecular formula is C22H21F5O3. The zero-order valence-electron chi connectivity index (χ0n) is 16.3. The Morgan fingerprint density at radius 3 is 1.87 bits per heavy atom. The number of hydrogen-bond acceptors (Lipinski definition) is 3. The predicted molar refractivity (Wildman–Crippen MR) is 98.9 cm³/mol. The molecule has 0 spiro atoms. The van der Waals surface area contributed by atoms with Gasteiger partial charge in [0.2, 0.25) is 0 Å². The van der Waals surface area contributed by atoms with Gasteiger partial charge in [-0.25, -0.2) is 26.7 Å². The second-order valence-corrected chi connectivity index (χ2v) is 7.46. The highest BCUT2D eigenvalue weighted by molar-refractivity contribution is 5.91. The van der Waals surface area contributed by atoms with Crippen molar-refractivity contribution in [2.75, 3.05) is 6.61 Å². The molecule has 0 N–H and O–H groups in total. The van der Waals surface area contributed by atoms with E-state index in [2.05, 4.69) is 11.7 Å². The van der Waals surface area contributed by atoms with Crippen LogP contribution in [0.1, 0.15) is 49.4 Å². The fourth-order valence-electron chi connectivity index (χ4n) is 3.60. The van der Waals surface area contributed by atoms with E-state index < -0.39 is 46.4 Å². The minimum absolute atomic E-state index is 0.0713. The molecule has 162 valence electrons. The van der Waals surface area contributed by atoms with Crippen LogP contribution in [-0.4, -0.2) is 12.6 Å². The molecule has 1 aliphatic carbocycles. The van der Waals surface area contributed by atoms with Gasteiger partial charge in [0.25, 0.3) is 0 Å². The van der Waals surface area contributed by atoms with Gasteiger partial charge in [0.05, 0.1) is 6.61 Å². The lowest BCUT2D eigenvalue weighted by Gasteiger charge is -2.27. The number of carbonyl (C=O) groups is 1. The van der Waals surface area contributed by atoms with E-state index in [9.17, 15) is 26.7 Å². The quantitative estimate of drug-likeness (QED) is 0.238. The molecule has 1 fully saturated rings. The molecular weight excluding hydrogens is 407 g/mol. The number of hydrogen-bond donors (Lipinski definition) is 0. The van der Waals surface area contributed by atoms with Crippen LogP contribution in [-0.2, 0) is 0 Å². The molecule has 1 aliphatic rings. The summed E-state index contributed by atoms with van der Waals surface area (Å²) in [6.07, 6.45) is 5.31. The SMILES string of the molecule is CCC1CCC(COc2cc(F)c(C(=O)Oc3cc(F)c(F)c(F)c3)c(F)c2)CC1. The summed E-state index contributed by atoms with van der Waals surface area (Å²) in [5, 5.41) is 0. The molecule has 0 radical (unpaired) electrons. The maximum absolute atomic E-state index is 14.3. The summed E-state index contributed by atoms with van der Waals surface area (Å²) >= 11 is 0. The standard InChI is InChI=1S/C22H21F5O3/c1-2-12-3-5-13(6-4-12)11-29-14-7-16(23)20(17(24)8-14)22(28)30-15-9-18(25)21(27)19(26)10-15/h7-10,12-13H,2-6,11H2,1H3. The minimum Gasteiger partial charge on any atom is -0.493 e. The third kappa shape index (κ3) is 5.09. The second kappa shape index (κ2) is 9.45. The molecule has 30 heavy (non-hydrogen) atoms. The van der Waals surface area contributed by atoms with Gasteiger partial charge < -0.3 is 9.47 Å². The Morgan fingerprint density at radius 2 is 1.33 bits per heavy atom. The van der Waals surface area contributed by atoms with E-state index in [0.29, 0.717) is 30.6 Å². The molecule has 0 unspecified atom stereocenters. The Bertz CT molecular complexity index is 877. The lowest BCUT2D eigenvalue weighted by atomic mass is 9.81.